The minimum Gasteiger partial charge on any atom is -0.357 e. The van der Waals surface area contributed by atoms with E-state index >= 15 is 0 Å². The third-order valence-electron chi connectivity index (χ3n) is 4.67. The first kappa shape index (κ1) is 24.4. The summed E-state index contributed by atoms with van der Waals surface area (Å²) in [5.74, 6) is 0.870. The Morgan fingerprint density at radius 1 is 1.14 bits per heavy atom. The van der Waals surface area contributed by atoms with Gasteiger partial charge in [-0.2, -0.15) is 5.10 Å². The van der Waals surface area contributed by atoms with Gasteiger partial charge in [-0.25, -0.2) is 0 Å². The van der Waals surface area contributed by atoms with Gasteiger partial charge in [0.1, 0.15) is 0 Å². The van der Waals surface area contributed by atoms with E-state index in [1.165, 1.54) is 11.1 Å². The second kappa shape index (κ2) is 13.5. The second-order valence-corrected chi connectivity index (χ2v) is 6.57. The molecule has 2 rings (SSSR count). The first-order chi connectivity index (χ1) is 13.2. The summed E-state index contributed by atoms with van der Waals surface area (Å²) in [5.41, 5.74) is 2.54. The van der Waals surface area contributed by atoms with Crippen LogP contribution in [0.1, 0.15) is 37.9 Å². The van der Waals surface area contributed by atoms with Crippen molar-refractivity contribution < 1.29 is 0 Å². The van der Waals surface area contributed by atoms with Gasteiger partial charge in [-0.3, -0.25) is 14.6 Å². The molecule has 1 aromatic carbocycles. The lowest BCUT2D eigenvalue weighted by atomic mass is 10.1. The van der Waals surface area contributed by atoms with Crippen molar-refractivity contribution in [1.82, 2.24) is 25.3 Å². The SMILES string of the molecule is CCNC(=NCC(c1ccccc1)N(CC)CC)NCCc1cnn(C)c1.I. The summed E-state index contributed by atoms with van der Waals surface area (Å²) >= 11 is 0. The van der Waals surface area contributed by atoms with Crippen molar-refractivity contribution in [2.75, 3.05) is 32.7 Å². The minimum atomic E-state index is 0. The summed E-state index contributed by atoms with van der Waals surface area (Å²) in [6, 6.07) is 11.0. The van der Waals surface area contributed by atoms with Crippen LogP contribution in [0.5, 0.6) is 0 Å². The Balaban J connectivity index is 0.00000392. The number of hydrogen-bond acceptors (Lipinski definition) is 3. The van der Waals surface area contributed by atoms with Crippen LogP contribution in [0.25, 0.3) is 0 Å². The summed E-state index contributed by atoms with van der Waals surface area (Å²) < 4.78 is 1.84. The van der Waals surface area contributed by atoms with E-state index in [2.05, 4.69) is 77.9 Å². The fraction of sp³-hybridized carbons (Fsp3) is 0.524. The highest BCUT2D eigenvalue weighted by atomic mass is 127. The molecule has 0 bridgehead atoms. The molecule has 1 unspecified atom stereocenters. The maximum absolute atomic E-state index is 4.88. The molecule has 0 saturated carbocycles. The monoisotopic (exact) mass is 498 g/mol. The number of nitrogens with zero attached hydrogens (tertiary/aromatic N) is 4. The van der Waals surface area contributed by atoms with E-state index in [-0.39, 0.29) is 30.0 Å². The van der Waals surface area contributed by atoms with Crippen LogP contribution in [0, 0.1) is 0 Å². The van der Waals surface area contributed by atoms with Crippen molar-refractivity contribution in [2.24, 2.45) is 12.0 Å². The highest BCUT2D eigenvalue weighted by molar-refractivity contribution is 14.0. The Bertz CT molecular complexity index is 681. The fourth-order valence-corrected chi connectivity index (χ4v) is 3.22. The summed E-state index contributed by atoms with van der Waals surface area (Å²) in [7, 11) is 1.94. The van der Waals surface area contributed by atoms with Gasteiger partial charge in [-0.1, -0.05) is 44.2 Å². The standard InChI is InChI=1S/C21H34N6.HI/c1-5-22-21(23-14-13-18-15-25-26(4)17-18)24-16-20(27(6-2)7-3)19-11-9-8-10-12-19;/h8-12,15,17,20H,5-7,13-14,16H2,1-4H3,(H2,22,23,24);1H. The first-order valence-electron chi connectivity index (χ1n) is 9.96. The molecule has 1 atom stereocenters. The van der Waals surface area contributed by atoms with E-state index in [9.17, 15) is 0 Å². The molecule has 28 heavy (non-hydrogen) atoms. The molecule has 2 aromatic rings. The topological polar surface area (TPSA) is 57.5 Å². The quantitative estimate of drug-likeness (QED) is 0.300. The average Bonchev–Trinajstić information content (AvgIpc) is 3.10. The number of aliphatic imine (C=N–C) groups is 1. The number of benzene rings is 1. The van der Waals surface area contributed by atoms with Gasteiger partial charge < -0.3 is 10.6 Å². The van der Waals surface area contributed by atoms with Crippen molar-refractivity contribution in [3.63, 3.8) is 0 Å². The third kappa shape index (κ3) is 7.79. The van der Waals surface area contributed by atoms with Gasteiger partial charge in [-0.05, 0) is 37.6 Å². The van der Waals surface area contributed by atoms with Gasteiger partial charge >= 0.3 is 0 Å². The number of guanidine groups is 1. The number of halogens is 1. The molecule has 6 nitrogen and oxygen atoms in total. The predicted molar refractivity (Wildman–Crippen MR) is 128 cm³/mol. The number of hydrogen-bond donors (Lipinski definition) is 2. The van der Waals surface area contributed by atoms with E-state index in [0.717, 1.165) is 45.1 Å². The normalized spacial score (nSPS) is 12.5. The zero-order chi connectivity index (χ0) is 19.5. The predicted octanol–water partition coefficient (Wildman–Crippen LogP) is 3.22. The van der Waals surface area contributed by atoms with Crippen LogP contribution in [0.3, 0.4) is 0 Å². The highest BCUT2D eigenvalue weighted by Crippen LogP contribution is 2.20. The first-order valence-corrected chi connectivity index (χ1v) is 9.96. The van der Waals surface area contributed by atoms with Gasteiger partial charge in [0.15, 0.2) is 5.96 Å². The van der Waals surface area contributed by atoms with E-state index < -0.39 is 0 Å². The molecule has 0 radical (unpaired) electrons. The smallest absolute Gasteiger partial charge is 0.191 e. The van der Waals surface area contributed by atoms with Crippen molar-refractivity contribution in [2.45, 2.75) is 33.2 Å². The molecule has 0 amide bonds. The third-order valence-corrected chi connectivity index (χ3v) is 4.67. The molecule has 0 fully saturated rings. The summed E-state index contributed by atoms with van der Waals surface area (Å²) in [6.45, 7) is 10.9. The second-order valence-electron chi connectivity index (χ2n) is 6.57. The average molecular weight is 498 g/mol. The van der Waals surface area contributed by atoms with E-state index in [1.54, 1.807) is 0 Å². The lowest BCUT2D eigenvalue weighted by molar-refractivity contribution is 0.224. The molecule has 1 heterocycles. The molecule has 2 N–H and O–H groups in total. The van der Waals surface area contributed by atoms with Crippen LogP contribution in [-0.2, 0) is 13.5 Å². The Morgan fingerprint density at radius 2 is 1.86 bits per heavy atom. The molecule has 1 aromatic heterocycles. The molecular weight excluding hydrogens is 463 g/mol. The number of aryl methyl sites for hydroxylation is 1. The molecule has 0 aliphatic carbocycles. The van der Waals surface area contributed by atoms with Crippen molar-refractivity contribution >= 4 is 29.9 Å². The molecule has 156 valence electrons. The minimum absolute atomic E-state index is 0. The Hall–Kier alpha value is -1.61. The molecule has 0 spiro atoms. The van der Waals surface area contributed by atoms with Crippen molar-refractivity contribution in [1.29, 1.82) is 0 Å². The maximum atomic E-state index is 4.88. The fourth-order valence-electron chi connectivity index (χ4n) is 3.22. The zero-order valence-corrected chi connectivity index (χ0v) is 19.9. The van der Waals surface area contributed by atoms with Crippen LogP contribution < -0.4 is 10.6 Å². The molecule has 0 saturated heterocycles. The van der Waals surface area contributed by atoms with Gasteiger partial charge in [0.05, 0.1) is 18.8 Å². The zero-order valence-electron chi connectivity index (χ0n) is 17.6. The highest BCUT2D eigenvalue weighted by Gasteiger charge is 2.17. The number of rotatable bonds is 10. The van der Waals surface area contributed by atoms with E-state index in [1.807, 2.05) is 17.9 Å². The number of nitrogens with one attached hydrogen (secondary N) is 2. The summed E-state index contributed by atoms with van der Waals surface area (Å²) in [6.07, 6.45) is 4.89. The number of likely N-dealkylation sites (N-methyl/N-ethyl adjacent to an activating group) is 1. The van der Waals surface area contributed by atoms with Gasteiger partial charge in [0.2, 0.25) is 0 Å². The Kier molecular flexibility index (Phi) is 11.8. The van der Waals surface area contributed by atoms with Crippen LogP contribution in [-0.4, -0.2) is 53.4 Å². The molecule has 0 aliphatic rings. The van der Waals surface area contributed by atoms with Crippen LogP contribution in [0.4, 0.5) is 0 Å². The van der Waals surface area contributed by atoms with E-state index in [0.29, 0.717) is 0 Å². The summed E-state index contributed by atoms with van der Waals surface area (Å²) in [5, 5.41) is 11.0. The van der Waals surface area contributed by atoms with Crippen LogP contribution in [0.15, 0.2) is 47.7 Å². The van der Waals surface area contributed by atoms with Crippen LogP contribution in [0.2, 0.25) is 0 Å². The van der Waals surface area contributed by atoms with Gasteiger partial charge in [-0.15, -0.1) is 24.0 Å². The van der Waals surface area contributed by atoms with Crippen LogP contribution >= 0.6 is 24.0 Å². The molecule has 0 aliphatic heterocycles. The van der Waals surface area contributed by atoms with E-state index in [4.69, 9.17) is 4.99 Å². The summed E-state index contributed by atoms with van der Waals surface area (Å²) in [4.78, 5) is 7.33. The lowest BCUT2D eigenvalue weighted by Gasteiger charge is -2.29. The number of aromatic nitrogens is 2. The molecule has 7 heteroatoms. The Labute approximate surface area is 186 Å². The largest absolute Gasteiger partial charge is 0.357 e. The lowest BCUT2D eigenvalue weighted by Crippen LogP contribution is -2.39. The Morgan fingerprint density at radius 3 is 2.43 bits per heavy atom. The van der Waals surface area contributed by atoms with Gasteiger partial charge in [0.25, 0.3) is 0 Å². The molecular formula is C21H35IN6. The van der Waals surface area contributed by atoms with Crippen molar-refractivity contribution in [3.8, 4) is 0 Å². The maximum Gasteiger partial charge on any atom is 0.191 e. The van der Waals surface area contributed by atoms with Crippen molar-refractivity contribution in [3.05, 3.63) is 53.9 Å². The van der Waals surface area contributed by atoms with Gasteiger partial charge in [0, 0.05) is 26.3 Å².